The first kappa shape index (κ1) is 27.8. The minimum atomic E-state index is -0.167. The van der Waals surface area contributed by atoms with Crippen LogP contribution in [0.3, 0.4) is 0 Å². The molecule has 0 unspecified atom stereocenters. The normalized spacial score (nSPS) is 13.7. The number of anilines is 4. The molecule has 1 aliphatic heterocycles. The third kappa shape index (κ3) is 7.06. The summed E-state index contributed by atoms with van der Waals surface area (Å²) in [4.78, 5) is 39.5. The van der Waals surface area contributed by atoms with E-state index in [1.807, 2.05) is 90.8 Å². The fourth-order valence-corrected chi connectivity index (χ4v) is 4.83. The van der Waals surface area contributed by atoms with Crippen LogP contribution >= 0.6 is 0 Å². The molecule has 9 heteroatoms. The fraction of sp³-hybridized carbons (Fsp3) is 0.250. The number of nitrogens with one attached hydrogen (secondary N) is 2. The second-order valence-electron chi connectivity index (χ2n) is 10.3. The molecule has 0 aliphatic carbocycles. The van der Waals surface area contributed by atoms with Crippen LogP contribution in [0.25, 0.3) is 22.0 Å². The number of carbonyl (C=O) groups is 2. The van der Waals surface area contributed by atoms with Gasteiger partial charge in [-0.25, -0.2) is 9.97 Å². The second kappa shape index (κ2) is 12.6. The van der Waals surface area contributed by atoms with Crippen LogP contribution in [0.2, 0.25) is 0 Å². The highest BCUT2D eigenvalue weighted by molar-refractivity contribution is 6.00. The summed E-state index contributed by atoms with van der Waals surface area (Å²) in [6.45, 7) is 5.44. The molecule has 0 spiro atoms. The lowest BCUT2D eigenvalue weighted by Crippen LogP contribution is -2.48. The fourth-order valence-electron chi connectivity index (χ4n) is 4.83. The summed E-state index contributed by atoms with van der Waals surface area (Å²) in [5.41, 5.74) is 5.45. The molecule has 41 heavy (non-hydrogen) atoms. The average molecular weight is 550 g/mol. The molecule has 2 N–H and O–H groups in total. The number of rotatable bonds is 8. The average Bonchev–Trinajstić information content (AvgIpc) is 2.97. The van der Waals surface area contributed by atoms with Crippen molar-refractivity contribution in [3.05, 3.63) is 85.1 Å². The standard InChI is InChI=1S/C32H35N7O2/c1-23(40)38-17-19-39(20-18-38)28-14-12-26(13-15-28)35-32-33-22-25-8-5-10-29(31(25)36-32)24-7-4-9-27(21-24)34-30(41)11-6-16-37(2)3/h4-15,21-22H,16-20H2,1-3H3,(H,34,41)(H,33,35,36)/b11-6+. The quantitative estimate of drug-likeness (QED) is 0.306. The van der Waals surface area contributed by atoms with Crippen molar-refractivity contribution in [1.82, 2.24) is 19.8 Å². The van der Waals surface area contributed by atoms with E-state index in [9.17, 15) is 9.59 Å². The lowest BCUT2D eigenvalue weighted by atomic mass is 10.0. The zero-order valence-corrected chi connectivity index (χ0v) is 23.7. The van der Waals surface area contributed by atoms with Gasteiger partial charge in [-0.15, -0.1) is 0 Å². The number of aromatic nitrogens is 2. The number of carbonyl (C=O) groups excluding carboxylic acids is 2. The molecule has 0 atom stereocenters. The smallest absolute Gasteiger partial charge is 0.248 e. The maximum absolute atomic E-state index is 12.4. The minimum absolute atomic E-state index is 0.130. The van der Waals surface area contributed by atoms with Gasteiger partial charge in [-0.3, -0.25) is 9.59 Å². The van der Waals surface area contributed by atoms with Crippen molar-refractivity contribution in [2.75, 3.05) is 62.4 Å². The molecule has 2 heterocycles. The third-order valence-electron chi connectivity index (χ3n) is 7.01. The Morgan fingerprint density at radius 3 is 2.44 bits per heavy atom. The molecular formula is C32H35N7O2. The first-order chi connectivity index (χ1) is 19.9. The highest BCUT2D eigenvalue weighted by Gasteiger charge is 2.18. The maximum Gasteiger partial charge on any atom is 0.248 e. The van der Waals surface area contributed by atoms with E-state index in [2.05, 4.69) is 32.7 Å². The van der Waals surface area contributed by atoms with Crippen molar-refractivity contribution in [2.24, 2.45) is 0 Å². The predicted octanol–water partition coefficient (Wildman–Crippen LogP) is 4.77. The van der Waals surface area contributed by atoms with Crippen LogP contribution in [0.15, 0.2) is 85.1 Å². The number of piperazine rings is 1. The lowest BCUT2D eigenvalue weighted by Gasteiger charge is -2.35. The Morgan fingerprint density at radius 1 is 0.951 bits per heavy atom. The zero-order valence-electron chi connectivity index (χ0n) is 23.7. The van der Waals surface area contributed by atoms with Crippen LogP contribution in [0.5, 0.6) is 0 Å². The van der Waals surface area contributed by atoms with Crippen LogP contribution in [-0.2, 0) is 9.59 Å². The van der Waals surface area contributed by atoms with Crippen molar-refractivity contribution in [3.8, 4) is 11.1 Å². The van der Waals surface area contributed by atoms with Gasteiger partial charge in [0.25, 0.3) is 0 Å². The van der Waals surface area contributed by atoms with Gasteiger partial charge in [-0.1, -0.05) is 36.4 Å². The van der Waals surface area contributed by atoms with E-state index in [-0.39, 0.29) is 11.8 Å². The Kier molecular flexibility index (Phi) is 8.55. The zero-order chi connectivity index (χ0) is 28.8. The Hall–Kier alpha value is -4.76. The Bertz CT molecular complexity index is 1560. The van der Waals surface area contributed by atoms with Gasteiger partial charge >= 0.3 is 0 Å². The summed E-state index contributed by atoms with van der Waals surface area (Å²) in [5.74, 6) is 0.467. The molecule has 3 aromatic carbocycles. The van der Waals surface area contributed by atoms with Gasteiger partial charge in [0.05, 0.1) is 5.52 Å². The van der Waals surface area contributed by atoms with Gasteiger partial charge in [0.2, 0.25) is 17.8 Å². The van der Waals surface area contributed by atoms with Crippen LogP contribution in [0, 0.1) is 0 Å². The molecule has 1 saturated heterocycles. The van der Waals surface area contributed by atoms with Crippen molar-refractivity contribution >= 4 is 45.7 Å². The monoisotopic (exact) mass is 549 g/mol. The second-order valence-corrected chi connectivity index (χ2v) is 10.3. The highest BCUT2D eigenvalue weighted by atomic mass is 16.2. The first-order valence-electron chi connectivity index (χ1n) is 13.7. The number of likely N-dealkylation sites (N-methyl/N-ethyl adjacent to an activating group) is 1. The molecule has 1 aliphatic rings. The molecule has 0 bridgehead atoms. The molecule has 4 aromatic rings. The van der Waals surface area contributed by atoms with Gasteiger partial charge < -0.3 is 25.3 Å². The SMILES string of the molecule is CC(=O)N1CCN(c2ccc(Nc3ncc4cccc(-c5cccc(NC(=O)/C=C/CN(C)C)c5)c4n3)cc2)CC1. The number of fused-ring (bicyclic) bond motifs is 1. The summed E-state index contributed by atoms with van der Waals surface area (Å²) in [6, 6.07) is 22.0. The number of amides is 2. The molecular weight excluding hydrogens is 514 g/mol. The molecule has 0 saturated carbocycles. The van der Waals surface area contributed by atoms with E-state index in [0.29, 0.717) is 18.2 Å². The molecule has 9 nitrogen and oxygen atoms in total. The summed E-state index contributed by atoms with van der Waals surface area (Å²) in [5, 5.41) is 7.20. The summed E-state index contributed by atoms with van der Waals surface area (Å²) < 4.78 is 0. The largest absolute Gasteiger partial charge is 0.368 e. The number of benzene rings is 3. The predicted molar refractivity (Wildman–Crippen MR) is 165 cm³/mol. The number of hydrogen-bond donors (Lipinski definition) is 2. The maximum atomic E-state index is 12.4. The molecule has 210 valence electrons. The van der Waals surface area contributed by atoms with E-state index in [0.717, 1.165) is 59.6 Å². The molecule has 2 amide bonds. The van der Waals surface area contributed by atoms with Gasteiger partial charge in [-0.05, 0) is 56.1 Å². The molecule has 0 radical (unpaired) electrons. The van der Waals surface area contributed by atoms with Crippen LogP contribution in [-0.4, -0.2) is 78.4 Å². The molecule has 5 rings (SSSR count). The Balaban J connectivity index is 1.31. The van der Waals surface area contributed by atoms with E-state index >= 15 is 0 Å². The molecule has 1 aromatic heterocycles. The number of para-hydroxylation sites is 1. The Morgan fingerprint density at radius 2 is 1.71 bits per heavy atom. The van der Waals surface area contributed by atoms with Crippen LogP contribution in [0.1, 0.15) is 6.92 Å². The van der Waals surface area contributed by atoms with Crippen LogP contribution < -0.4 is 15.5 Å². The van der Waals surface area contributed by atoms with E-state index < -0.39 is 0 Å². The lowest BCUT2D eigenvalue weighted by molar-refractivity contribution is -0.129. The number of nitrogens with zero attached hydrogens (tertiary/aromatic N) is 5. The van der Waals surface area contributed by atoms with Gasteiger partial charge in [0, 0.05) is 79.9 Å². The Labute approximate surface area is 240 Å². The topological polar surface area (TPSA) is 93.7 Å². The summed E-state index contributed by atoms with van der Waals surface area (Å²) in [6.07, 6.45) is 5.20. The van der Waals surface area contributed by atoms with E-state index in [1.54, 1.807) is 13.0 Å². The van der Waals surface area contributed by atoms with Gasteiger partial charge in [-0.2, -0.15) is 0 Å². The van der Waals surface area contributed by atoms with Crippen molar-refractivity contribution in [3.63, 3.8) is 0 Å². The van der Waals surface area contributed by atoms with Crippen molar-refractivity contribution < 1.29 is 9.59 Å². The van der Waals surface area contributed by atoms with Crippen molar-refractivity contribution in [1.29, 1.82) is 0 Å². The van der Waals surface area contributed by atoms with E-state index in [4.69, 9.17) is 4.98 Å². The van der Waals surface area contributed by atoms with Gasteiger partial charge in [0.1, 0.15) is 0 Å². The third-order valence-corrected chi connectivity index (χ3v) is 7.01. The van der Waals surface area contributed by atoms with Crippen LogP contribution in [0.4, 0.5) is 23.0 Å². The minimum Gasteiger partial charge on any atom is -0.368 e. The summed E-state index contributed by atoms with van der Waals surface area (Å²) >= 11 is 0. The molecule has 1 fully saturated rings. The first-order valence-corrected chi connectivity index (χ1v) is 13.7. The van der Waals surface area contributed by atoms with Gasteiger partial charge in [0.15, 0.2) is 0 Å². The summed E-state index contributed by atoms with van der Waals surface area (Å²) in [7, 11) is 3.91. The number of hydrogen-bond acceptors (Lipinski definition) is 7. The van der Waals surface area contributed by atoms with E-state index in [1.165, 1.54) is 0 Å². The highest BCUT2D eigenvalue weighted by Crippen LogP contribution is 2.30. The van der Waals surface area contributed by atoms with Crippen molar-refractivity contribution in [2.45, 2.75) is 6.92 Å².